The summed E-state index contributed by atoms with van der Waals surface area (Å²) in [6.07, 6.45) is 2.92. The number of amidine groups is 1. The number of piperidine rings is 1. The molecule has 4 rings (SSSR count). The van der Waals surface area contributed by atoms with Crippen molar-refractivity contribution in [3.63, 3.8) is 0 Å². The van der Waals surface area contributed by atoms with Crippen LogP contribution in [0.5, 0.6) is 0 Å². The second kappa shape index (κ2) is 7.45. The Morgan fingerprint density at radius 2 is 2.12 bits per heavy atom. The predicted octanol–water partition coefficient (Wildman–Crippen LogP) is 0.934. The quantitative estimate of drug-likeness (QED) is 0.746. The second-order valence-electron chi connectivity index (χ2n) is 7.24. The van der Waals surface area contributed by atoms with Gasteiger partial charge >= 0.3 is 0 Å². The lowest BCUT2D eigenvalue weighted by molar-refractivity contribution is -0.122. The van der Waals surface area contributed by atoms with E-state index in [2.05, 4.69) is 37.5 Å². The van der Waals surface area contributed by atoms with Crippen molar-refractivity contribution < 1.29 is 4.79 Å². The van der Waals surface area contributed by atoms with Gasteiger partial charge in [-0.15, -0.1) is 0 Å². The molecule has 1 atom stereocenters. The molecule has 0 spiro atoms. The van der Waals surface area contributed by atoms with Gasteiger partial charge in [-0.3, -0.25) is 9.79 Å². The molecule has 1 saturated heterocycles. The molecule has 0 saturated carbocycles. The van der Waals surface area contributed by atoms with Crippen molar-refractivity contribution in [2.24, 2.45) is 10.9 Å². The van der Waals surface area contributed by atoms with Gasteiger partial charge in [0.25, 0.3) is 0 Å². The molecular weight excluding hydrogens is 328 g/mol. The number of aliphatic imine (C=N–C) groups is 1. The van der Waals surface area contributed by atoms with Crippen molar-refractivity contribution in [3.05, 3.63) is 30.1 Å². The average molecular weight is 354 g/mol. The molecule has 1 aromatic heterocycles. The molecule has 2 aliphatic rings. The number of carbonyl (C=O) groups is 1. The van der Waals surface area contributed by atoms with Gasteiger partial charge in [-0.05, 0) is 45.1 Å². The van der Waals surface area contributed by atoms with Crippen LogP contribution in [0.1, 0.15) is 18.7 Å². The third-order valence-corrected chi connectivity index (χ3v) is 5.29. The Balaban J connectivity index is 1.23. The van der Waals surface area contributed by atoms with E-state index in [-0.39, 0.29) is 11.9 Å². The zero-order valence-electron chi connectivity index (χ0n) is 15.2. The summed E-state index contributed by atoms with van der Waals surface area (Å²) in [6, 6.07) is 7.72. The summed E-state index contributed by atoms with van der Waals surface area (Å²) in [7, 11) is 2.15. The number of nitrogens with zero attached hydrogens (tertiary/aromatic N) is 3. The topological polar surface area (TPSA) is 85.4 Å². The minimum Gasteiger partial charge on any atom is -0.361 e. The summed E-state index contributed by atoms with van der Waals surface area (Å²) in [6.45, 7) is 3.30. The van der Waals surface area contributed by atoms with Gasteiger partial charge in [0.1, 0.15) is 17.7 Å². The SMILES string of the molecule is CN1CCC(C2=NCC(C(=O)NCCc3nc4ccccc4[nH]3)N2)CC1. The number of benzene rings is 1. The fraction of sp³-hybridized carbons (Fsp3) is 0.526. The van der Waals surface area contributed by atoms with Crippen molar-refractivity contribution >= 4 is 22.8 Å². The Hall–Kier alpha value is -2.41. The summed E-state index contributed by atoms with van der Waals surface area (Å²) in [5.41, 5.74) is 1.99. The Morgan fingerprint density at radius 1 is 1.31 bits per heavy atom. The molecule has 2 aliphatic heterocycles. The Morgan fingerprint density at radius 3 is 2.92 bits per heavy atom. The van der Waals surface area contributed by atoms with E-state index >= 15 is 0 Å². The van der Waals surface area contributed by atoms with Gasteiger partial charge in [0.2, 0.25) is 5.91 Å². The summed E-state index contributed by atoms with van der Waals surface area (Å²) in [4.78, 5) is 27.2. The highest BCUT2D eigenvalue weighted by Crippen LogP contribution is 2.19. The minimum atomic E-state index is -0.236. The highest BCUT2D eigenvalue weighted by Gasteiger charge is 2.30. The molecule has 0 bridgehead atoms. The number of amides is 1. The van der Waals surface area contributed by atoms with Gasteiger partial charge in [0.15, 0.2) is 0 Å². The summed E-state index contributed by atoms with van der Waals surface area (Å²) in [5.74, 6) is 2.41. The van der Waals surface area contributed by atoms with Crippen molar-refractivity contribution in [1.29, 1.82) is 0 Å². The molecule has 7 heteroatoms. The van der Waals surface area contributed by atoms with Crippen LogP contribution < -0.4 is 10.6 Å². The number of carbonyl (C=O) groups excluding carboxylic acids is 1. The monoisotopic (exact) mass is 354 g/mol. The molecule has 138 valence electrons. The first-order chi connectivity index (χ1) is 12.7. The third kappa shape index (κ3) is 3.72. The molecule has 1 amide bonds. The van der Waals surface area contributed by atoms with Crippen LogP contribution in [-0.4, -0.2) is 65.9 Å². The molecule has 2 aromatic rings. The molecule has 1 aromatic carbocycles. The van der Waals surface area contributed by atoms with Gasteiger partial charge in [0.05, 0.1) is 17.6 Å². The molecule has 0 aliphatic carbocycles. The standard InChI is InChI=1S/C19H26N6O/c1-25-10-7-13(8-11-25)18-21-12-16(24-18)19(26)20-9-6-17-22-14-4-2-3-5-15(14)23-17/h2-5,13,16H,6-12H2,1H3,(H,20,26)(H,21,24)(H,22,23). The largest absolute Gasteiger partial charge is 0.361 e. The number of hydrogen-bond acceptors (Lipinski definition) is 5. The minimum absolute atomic E-state index is 0.0211. The Bertz CT molecular complexity index is 772. The van der Waals surface area contributed by atoms with Crippen molar-refractivity contribution in [3.8, 4) is 0 Å². The van der Waals surface area contributed by atoms with Crippen LogP contribution in [0.15, 0.2) is 29.3 Å². The Labute approximate surface area is 153 Å². The van der Waals surface area contributed by atoms with Crippen LogP contribution in [0.3, 0.4) is 0 Å². The first kappa shape index (κ1) is 17.0. The number of imidazole rings is 1. The number of H-pyrrole nitrogens is 1. The first-order valence-electron chi connectivity index (χ1n) is 9.40. The highest BCUT2D eigenvalue weighted by atomic mass is 16.2. The normalized spacial score (nSPS) is 21.6. The maximum absolute atomic E-state index is 12.4. The zero-order valence-corrected chi connectivity index (χ0v) is 15.2. The van der Waals surface area contributed by atoms with E-state index in [1.807, 2.05) is 24.3 Å². The first-order valence-corrected chi connectivity index (χ1v) is 9.40. The number of rotatable bonds is 5. The summed E-state index contributed by atoms with van der Waals surface area (Å²) < 4.78 is 0. The lowest BCUT2D eigenvalue weighted by Gasteiger charge is -2.29. The Kier molecular flexibility index (Phi) is 4.88. The number of aromatic amines is 1. The lowest BCUT2D eigenvalue weighted by Crippen LogP contribution is -2.47. The number of aromatic nitrogens is 2. The third-order valence-electron chi connectivity index (χ3n) is 5.29. The van der Waals surface area contributed by atoms with E-state index in [0.717, 1.165) is 48.6 Å². The second-order valence-corrected chi connectivity index (χ2v) is 7.24. The number of para-hydroxylation sites is 2. The van der Waals surface area contributed by atoms with E-state index in [1.54, 1.807) is 0 Å². The number of fused-ring (bicyclic) bond motifs is 1. The average Bonchev–Trinajstić information content (AvgIpc) is 3.29. The molecule has 3 N–H and O–H groups in total. The molecule has 1 fully saturated rings. The molecule has 1 unspecified atom stereocenters. The summed E-state index contributed by atoms with van der Waals surface area (Å²) in [5, 5.41) is 6.35. The fourth-order valence-corrected chi connectivity index (χ4v) is 3.69. The van der Waals surface area contributed by atoms with Crippen molar-refractivity contribution in [1.82, 2.24) is 25.5 Å². The maximum atomic E-state index is 12.4. The maximum Gasteiger partial charge on any atom is 0.244 e. The van der Waals surface area contributed by atoms with Crippen LogP contribution in [0.25, 0.3) is 11.0 Å². The van der Waals surface area contributed by atoms with Gasteiger partial charge in [-0.25, -0.2) is 4.98 Å². The highest BCUT2D eigenvalue weighted by molar-refractivity contribution is 5.94. The van der Waals surface area contributed by atoms with Crippen molar-refractivity contribution in [2.45, 2.75) is 25.3 Å². The zero-order chi connectivity index (χ0) is 17.9. The predicted molar refractivity (Wildman–Crippen MR) is 102 cm³/mol. The van der Waals surface area contributed by atoms with E-state index < -0.39 is 0 Å². The van der Waals surface area contributed by atoms with Crippen LogP contribution in [0.4, 0.5) is 0 Å². The molecule has 26 heavy (non-hydrogen) atoms. The summed E-state index contributed by atoms with van der Waals surface area (Å²) >= 11 is 0. The van der Waals surface area contributed by atoms with E-state index in [9.17, 15) is 4.79 Å². The van der Waals surface area contributed by atoms with Crippen LogP contribution in [0.2, 0.25) is 0 Å². The number of likely N-dealkylation sites (tertiary alicyclic amines) is 1. The molecule has 7 nitrogen and oxygen atoms in total. The van der Waals surface area contributed by atoms with Gasteiger partial charge in [-0.1, -0.05) is 12.1 Å². The van der Waals surface area contributed by atoms with E-state index in [4.69, 9.17) is 0 Å². The van der Waals surface area contributed by atoms with Crippen LogP contribution >= 0.6 is 0 Å². The lowest BCUT2D eigenvalue weighted by atomic mass is 9.96. The van der Waals surface area contributed by atoms with Crippen LogP contribution in [0, 0.1) is 5.92 Å². The van der Waals surface area contributed by atoms with E-state index in [1.165, 1.54) is 0 Å². The molecule has 3 heterocycles. The smallest absolute Gasteiger partial charge is 0.244 e. The fourth-order valence-electron chi connectivity index (χ4n) is 3.69. The van der Waals surface area contributed by atoms with Crippen LogP contribution in [-0.2, 0) is 11.2 Å². The van der Waals surface area contributed by atoms with E-state index in [0.29, 0.717) is 25.4 Å². The van der Waals surface area contributed by atoms with Crippen molar-refractivity contribution in [2.75, 3.05) is 33.2 Å². The molecular formula is C19H26N6O. The number of hydrogen-bond donors (Lipinski definition) is 3. The molecule has 0 radical (unpaired) electrons. The van der Waals surface area contributed by atoms with Gasteiger partial charge in [0, 0.05) is 18.9 Å². The van der Waals surface area contributed by atoms with Gasteiger partial charge in [-0.2, -0.15) is 0 Å². The van der Waals surface area contributed by atoms with Gasteiger partial charge < -0.3 is 20.5 Å². The number of nitrogens with one attached hydrogen (secondary N) is 3.